The molecule has 0 saturated carbocycles. The van der Waals surface area contributed by atoms with Crippen molar-refractivity contribution in [2.45, 2.75) is 13.8 Å². The summed E-state index contributed by atoms with van der Waals surface area (Å²) in [5.74, 6) is 1.27. The Bertz CT molecular complexity index is 563. The largest absolute Gasteiger partial charge is 0.496 e. The van der Waals surface area contributed by atoms with E-state index in [1.165, 1.54) is 0 Å². The van der Waals surface area contributed by atoms with Gasteiger partial charge < -0.3 is 10.5 Å². The molecule has 2 aromatic rings. The molecule has 17 heavy (non-hydrogen) atoms. The molecule has 3 N–H and O–H groups in total. The summed E-state index contributed by atoms with van der Waals surface area (Å²) in [5.41, 5.74) is 9.25. The van der Waals surface area contributed by atoms with Crippen LogP contribution in [0.25, 0.3) is 11.3 Å². The van der Waals surface area contributed by atoms with Gasteiger partial charge in [-0.2, -0.15) is 5.10 Å². The van der Waals surface area contributed by atoms with E-state index >= 15 is 0 Å². The second-order valence-electron chi connectivity index (χ2n) is 3.92. The first-order valence-electron chi connectivity index (χ1n) is 5.19. The van der Waals surface area contributed by atoms with Gasteiger partial charge in [-0.3, -0.25) is 5.10 Å². The van der Waals surface area contributed by atoms with Crippen molar-refractivity contribution in [2.75, 3.05) is 12.8 Å². The number of aryl methyl sites for hydroxylation is 1. The molecule has 0 atom stereocenters. The molecule has 0 unspecified atom stereocenters. The van der Waals surface area contributed by atoms with Crippen molar-refractivity contribution < 1.29 is 4.74 Å². The number of anilines is 1. The average Bonchev–Trinajstić information content (AvgIpc) is 2.64. The summed E-state index contributed by atoms with van der Waals surface area (Å²) >= 11 is 6.26. The number of rotatable bonds is 2. The number of aromatic amines is 1. The van der Waals surface area contributed by atoms with Crippen molar-refractivity contribution in [1.29, 1.82) is 0 Å². The summed E-state index contributed by atoms with van der Waals surface area (Å²) in [7, 11) is 1.65. The third-order valence-electron chi connectivity index (χ3n) is 2.73. The van der Waals surface area contributed by atoms with Crippen LogP contribution in [-0.2, 0) is 0 Å². The quantitative estimate of drug-likeness (QED) is 0.863. The Labute approximate surface area is 105 Å². The van der Waals surface area contributed by atoms with Crippen LogP contribution < -0.4 is 10.5 Å². The summed E-state index contributed by atoms with van der Waals surface area (Å²) in [6, 6.07) is 3.63. The molecule has 0 aliphatic carbocycles. The van der Waals surface area contributed by atoms with Gasteiger partial charge in [0.1, 0.15) is 11.6 Å². The number of benzene rings is 1. The maximum atomic E-state index is 6.26. The van der Waals surface area contributed by atoms with Crippen LogP contribution >= 0.6 is 11.6 Å². The maximum absolute atomic E-state index is 6.26. The fraction of sp³-hybridized carbons (Fsp3) is 0.250. The highest BCUT2D eigenvalue weighted by Crippen LogP contribution is 2.38. The lowest BCUT2D eigenvalue weighted by molar-refractivity contribution is 0.409. The molecule has 0 saturated heterocycles. The number of nitrogen functional groups attached to an aromatic ring is 1. The van der Waals surface area contributed by atoms with E-state index in [-0.39, 0.29) is 0 Å². The van der Waals surface area contributed by atoms with Crippen molar-refractivity contribution in [3.8, 4) is 17.0 Å². The van der Waals surface area contributed by atoms with Gasteiger partial charge in [0.2, 0.25) is 0 Å². The predicted molar refractivity (Wildman–Crippen MR) is 69.5 cm³/mol. The van der Waals surface area contributed by atoms with Crippen molar-refractivity contribution in [2.24, 2.45) is 0 Å². The molecule has 0 aliphatic heterocycles. The molecule has 0 spiro atoms. The van der Waals surface area contributed by atoms with Crippen molar-refractivity contribution >= 4 is 17.4 Å². The van der Waals surface area contributed by atoms with Crippen LogP contribution in [0.5, 0.6) is 5.75 Å². The highest BCUT2D eigenvalue weighted by atomic mass is 35.5. The smallest absolute Gasteiger partial charge is 0.145 e. The molecule has 0 bridgehead atoms. The lowest BCUT2D eigenvalue weighted by Crippen LogP contribution is -1.95. The molecule has 5 heteroatoms. The number of aromatic nitrogens is 2. The Hall–Kier alpha value is -1.68. The summed E-state index contributed by atoms with van der Waals surface area (Å²) in [5, 5.41) is 7.42. The molecule has 0 aliphatic rings. The van der Waals surface area contributed by atoms with Gasteiger partial charge in [-0.05, 0) is 25.5 Å². The highest BCUT2D eigenvalue weighted by Gasteiger charge is 2.15. The third kappa shape index (κ3) is 1.96. The number of halogens is 1. The number of nitrogens with one attached hydrogen (secondary N) is 1. The topological polar surface area (TPSA) is 63.9 Å². The van der Waals surface area contributed by atoms with Crippen molar-refractivity contribution in [1.82, 2.24) is 10.2 Å². The van der Waals surface area contributed by atoms with Crippen LogP contribution in [-0.4, -0.2) is 17.3 Å². The Kier molecular flexibility index (Phi) is 2.98. The first-order valence-corrected chi connectivity index (χ1v) is 5.57. The van der Waals surface area contributed by atoms with Crippen molar-refractivity contribution in [3.63, 3.8) is 0 Å². The molecule has 0 fully saturated rings. The monoisotopic (exact) mass is 251 g/mol. The van der Waals surface area contributed by atoms with Gasteiger partial charge in [-0.25, -0.2) is 0 Å². The Morgan fingerprint density at radius 1 is 1.35 bits per heavy atom. The van der Waals surface area contributed by atoms with E-state index in [0.29, 0.717) is 10.8 Å². The summed E-state index contributed by atoms with van der Waals surface area (Å²) in [4.78, 5) is 0. The molecule has 1 aromatic carbocycles. The summed E-state index contributed by atoms with van der Waals surface area (Å²) in [6.07, 6.45) is 0. The highest BCUT2D eigenvalue weighted by molar-refractivity contribution is 6.33. The van der Waals surface area contributed by atoms with Gasteiger partial charge in [0.25, 0.3) is 0 Å². The number of hydrogen-bond donors (Lipinski definition) is 2. The zero-order valence-electron chi connectivity index (χ0n) is 9.97. The number of hydrogen-bond acceptors (Lipinski definition) is 3. The van der Waals surface area contributed by atoms with Gasteiger partial charge in [-0.15, -0.1) is 0 Å². The minimum absolute atomic E-state index is 0.440. The number of methoxy groups -OCH3 is 1. The van der Waals surface area contributed by atoms with Crippen molar-refractivity contribution in [3.05, 3.63) is 28.3 Å². The summed E-state index contributed by atoms with van der Waals surface area (Å²) < 4.78 is 5.38. The van der Waals surface area contributed by atoms with Crippen LogP contribution in [0.2, 0.25) is 5.02 Å². The second kappa shape index (κ2) is 4.30. The van der Waals surface area contributed by atoms with Gasteiger partial charge in [0.15, 0.2) is 0 Å². The second-order valence-corrected chi connectivity index (χ2v) is 4.32. The standard InChI is InChI=1S/C12H14ClN3O/c1-6-4-8(13)11(7(2)12(6)17-3)9-5-10(14)16-15-9/h4-5H,1-3H3,(H3,14,15,16). The van der Waals surface area contributed by atoms with E-state index in [0.717, 1.165) is 28.1 Å². The van der Waals surface area contributed by atoms with Gasteiger partial charge in [0.05, 0.1) is 17.8 Å². The van der Waals surface area contributed by atoms with Gasteiger partial charge >= 0.3 is 0 Å². The first kappa shape index (κ1) is 11.8. The summed E-state index contributed by atoms with van der Waals surface area (Å²) in [6.45, 7) is 3.92. The normalized spacial score (nSPS) is 10.6. The van der Waals surface area contributed by atoms with E-state index in [4.69, 9.17) is 22.1 Å². The van der Waals surface area contributed by atoms with Crippen LogP contribution in [0.4, 0.5) is 5.82 Å². The molecule has 1 heterocycles. The average molecular weight is 252 g/mol. The third-order valence-corrected chi connectivity index (χ3v) is 3.03. The zero-order chi connectivity index (χ0) is 12.6. The van der Waals surface area contributed by atoms with Crippen LogP contribution in [0, 0.1) is 13.8 Å². The molecule has 0 amide bonds. The molecule has 4 nitrogen and oxygen atoms in total. The number of ether oxygens (including phenoxy) is 1. The van der Waals surface area contributed by atoms with E-state index in [2.05, 4.69) is 10.2 Å². The van der Waals surface area contributed by atoms with Crippen LogP contribution in [0.3, 0.4) is 0 Å². The lowest BCUT2D eigenvalue weighted by atomic mass is 10.0. The zero-order valence-corrected chi connectivity index (χ0v) is 10.7. The number of nitrogens with two attached hydrogens (primary N) is 1. The van der Waals surface area contributed by atoms with E-state index in [1.54, 1.807) is 13.2 Å². The lowest BCUT2D eigenvalue weighted by Gasteiger charge is -2.13. The molecule has 90 valence electrons. The Morgan fingerprint density at radius 2 is 2.06 bits per heavy atom. The minimum Gasteiger partial charge on any atom is -0.496 e. The number of H-pyrrole nitrogens is 1. The SMILES string of the molecule is COc1c(C)cc(Cl)c(-c2cc(N)n[nH]2)c1C. The van der Waals surface area contributed by atoms with E-state index < -0.39 is 0 Å². The van der Waals surface area contributed by atoms with E-state index in [9.17, 15) is 0 Å². The van der Waals surface area contributed by atoms with Gasteiger partial charge in [0, 0.05) is 17.2 Å². The van der Waals surface area contributed by atoms with Crippen LogP contribution in [0.1, 0.15) is 11.1 Å². The van der Waals surface area contributed by atoms with Crippen LogP contribution in [0.15, 0.2) is 12.1 Å². The molecule has 1 aromatic heterocycles. The van der Waals surface area contributed by atoms with E-state index in [1.807, 2.05) is 19.9 Å². The van der Waals surface area contributed by atoms with Gasteiger partial charge in [-0.1, -0.05) is 11.6 Å². The fourth-order valence-electron chi connectivity index (χ4n) is 2.03. The fourth-order valence-corrected chi connectivity index (χ4v) is 2.43. The molecule has 2 rings (SSSR count). The molecule has 0 radical (unpaired) electrons. The Balaban J connectivity index is 2.69. The maximum Gasteiger partial charge on any atom is 0.145 e. The number of nitrogens with zero attached hydrogens (tertiary/aromatic N) is 1. The minimum atomic E-state index is 0.440. The molecular weight excluding hydrogens is 238 g/mol. The molecular formula is C12H14ClN3O. The predicted octanol–water partition coefficient (Wildman–Crippen LogP) is 2.94. The Morgan fingerprint density at radius 3 is 2.59 bits per heavy atom. The first-order chi connectivity index (χ1) is 8.04.